The van der Waals surface area contributed by atoms with Gasteiger partial charge in [-0.3, -0.25) is 4.79 Å². The molecule has 2 nitrogen and oxygen atoms in total. The Morgan fingerprint density at radius 3 is 3.10 bits per heavy atom. The summed E-state index contributed by atoms with van der Waals surface area (Å²) < 4.78 is 4.83. The molecule has 0 spiro atoms. The van der Waals surface area contributed by atoms with E-state index >= 15 is 0 Å². The van der Waals surface area contributed by atoms with Crippen LogP contribution < -0.4 is 0 Å². The molecule has 1 aliphatic rings. The van der Waals surface area contributed by atoms with Gasteiger partial charge in [0.05, 0.1) is 13.0 Å². The molecule has 1 heterocycles. The van der Waals surface area contributed by atoms with Crippen LogP contribution in [0.1, 0.15) is 19.3 Å². The summed E-state index contributed by atoms with van der Waals surface area (Å²) in [5.74, 6) is -0.108. The van der Waals surface area contributed by atoms with Gasteiger partial charge in [-0.1, -0.05) is 21.5 Å². The lowest BCUT2D eigenvalue weighted by atomic mass is 10.1. The third-order valence-electron chi connectivity index (χ3n) is 1.43. The summed E-state index contributed by atoms with van der Waals surface area (Å²) in [6, 6.07) is 0. The number of hydrogen-bond acceptors (Lipinski definition) is 2. The predicted octanol–water partition coefficient (Wildman–Crippen LogP) is 1.99. The van der Waals surface area contributed by atoms with E-state index in [-0.39, 0.29) is 5.97 Å². The van der Waals surface area contributed by atoms with Crippen LogP contribution in [0.5, 0.6) is 0 Å². The maximum absolute atomic E-state index is 10.8. The summed E-state index contributed by atoms with van der Waals surface area (Å²) in [6.45, 7) is 0.573. The van der Waals surface area contributed by atoms with Crippen LogP contribution in [0.2, 0.25) is 0 Å². The summed E-state index contributed by atoms with van der Waals surface area (Å²) in [5, 5.41) is 0. The molecule has 0 aromatic carbocycles. The van der Waals surface area contributed by atoms with Gasteiger partial charge in [0.25, 0.3) is 0 Å². The molecular weight excluding hydrogens is 196 g/mol. The molecule has 1 aliphatic heterocycles. The standard InChI is InChI=1S/C7H9BrO2/c8-5-6-2-1-3-10-7(9)4-6/h5H,1-4H2/b6-5-. The minimum atomic E-state index is -0.108. The van der Waals surface area contributed by atoms with Gasteiger partial charge in [0, 0.05) is 0 Å². The topological polar surface area (TPSA) is 26.3 Å². The highest BCUT2D eigenvalue weighted by Gasteiger charge is 2.10. The Morgan fingerprint density at radius 2 is 2.40 bits per heavy atom. The molecule has 0 aliphatic carbocycles. The summed E-state index contributed by atoms with van der Waals surface area (Å²) in [4.78, 5) is 12.6. The molecule has 1 fully saturated rings. The highest BCUT2D eigenvalue weighted by atomic mass is 79.9. The number of halogens is 1. The zero-order chi connectivity index (χ0) is 7.40. The van der Waals surface area contributed by atoms with E-state index < -0.39 is 0 Å². The molecule has 1 saturated heterocycles. The molecule has 0 saturated carbocycles. The SMILES string of the molecule is O=C1C/C(=C\Br)CCCO1. The van der Waals surface area contributed by atoms with Crippen LogP contribution in [0, 0.1) is 0 Å². The van der Waals surface area contributed by atoms with E-state index in [1.165, 1.54) is 0 Å². The fraction of sp³-hybridized carbons (Fsp3) is 0.571. The van der Waals surface area contributed by atoms with Crippen LogP contribution in [-0.2, 0) is 9.53 Å². The molecule has 3 heteroatoms. The lowest BCUT2D eigenvalue weighted by molar-refractivity contribution is -0.142. The molecule has 1 rings (SSSR count). The van der Waals surface area contributed by atoms with Crippen molar-refractivity contribution in [1.29, 1.82) is 0 Å². The smallest absolute Gasteiger partial charge is 0.309 e. The molecule has 0 atom stereocenters. The van der Waals surface area contributed by atoms with Crippen LogP contribution in [0.4, 0.5) is 0 Å². The number of carbonyl (C=O) groups excluding carboxylic acids is 1. The molecule has 0 radical (unpaired) electrons. The van der Waals surface area contributed by atoms with Crippen molar-refractivity contribution in [1.82, 2.24) is 0 Å². The van der Waals surface area contributed by atoms with Gasteiger partial charge >= 0.3 is 5.97 Å². The van der Waals surface area contributed by atoms with Gasteiger partial charge < -0.3 is 4.74 Å². The first-order valence-electron chi connectivity index (χ1n) is 3.26. The lowest BCUT2D eigenvalue weighted by Gasteiger charge is -1.95. The van der Waals surface area contributed by atoms with Crippen LogP contribution in [-0.4, -0.2) is 12.6 Å². The van der Waals surface area contributed by atoms with Gasteiger partial charge in [0.1, 0.15) is 0 Å². The molecule has 0 aromatic rings. The minimum absolute atomic E-state index is 0.108. The zero-order valence-corrected chi connectivity index (χ0v) is 7.19. The predicted molar refractivity (Wildman–Crippen MR) is 41.8 cm³/mol. The van der Waals surface area contributed by atoms with E-state index in [0.717, 1.165) is 18.4 Å². The maximum Gasteiger partial charge on any atom is 0.309 e. The average molecular weight is 205 g/mol. The van der Waals surface area contributed by atoms with E-state index in [9.17, 15) is 4.79 Å². The van der Waals surface area contributed by atoms with Crippen LogP contribution >= 0.6 is 15.9 Å². The van der Waals surface area contributed by atoms with E-state index in [1.54, 1.807) is 0 Å². The highest BCUT2D eigenvalue weighted by Crippen LogP contribution is 2.16. The summed E-state index contributed by atoms with van der Waals surface area (Å²) in [6.07, 6.45) is 2.37. The van der Waals surface area contributed by atoms with E-state index in [4.69, 9.17) is 4.74 Å². The fourth-order valence-corrected chi connectivity index (χ4v) is 1.29. The number of cyclic esters (lactones) is 1. The summed E-state index contributed by atoms with van der Waals surface area (Å²) in [5.41, 5.74) is 1.13. The molecule has 0 unspecified atom stereocenters. The molecule has 0 bridgehead atoms. The van der Waals surface area contributed by atoms with Crippen molar-refractivity contribution < 1.29 is 9.53 Å². The molecule has 0 N–H and O–H groups in total. The van der Waals surface area contributed by atoms with Crippen molar-refractivity contribution in [3.63, 3.8) is 0 Å². The molecule has 0 aromatic heterocycles. The molecule has 10 heavy (non-hydrogen) atoms. The Hall–Kier alpha value is -0.310. The Labute approximate surface area is 68.4 Å². The molecule has 56 valence electrons. The van der Waals surface area contributed by atoms with Crippen molar-refractivity contribution >= 4 is 21.9 Å². The maximum atomic E-state index is 10.8. The Kier molecular flexibility index (Phi) is 2.93. The van der Waals surface area contributed by atoms with Crippen LogP contribution in [0.25, 0.3) is 0 Å². The Morgan fingerprint density at radius 1 is 1.60 bits per heavy atom. The number of esters is 1. The second kappa shape index (κ2) is 3.76. The van der Waals surface area contributed by atoms with Crippen LogP contribution in [0.3, 0.4) is 0 Å². The third kappa shape index (κ3) is 2.14. The number of ether oxygens (including phenoxy) is 1. The second-order valence-electron chi connectivity index (χ2n) is 2.27. The van der Waals surface area contributed by atoms with Crippen molar-refractivity contribution in [3.8, 4) is 0 Å². The van der Waals surface area contributed by atoms with E-state index in [1.807, 2.05) is 4.99 Å². The number of carbonyl (C=O) groups is 1. The summed E-state index contributed by atoms with van der Waals surface area (Å²) >= 11 is 3.20. The zero-order valence-electron chi connectivity index (χ0n) is 5.60. The fourth-order valence-electron chi connectivity index (χ4n) is 0.903. The summed E-state index contributed by atoms with van der Waals surface area (Å²) in [7, 11) is 0. The van der Waals surface area contributed by atoms with Gasteiger partial charge in [-0.25, -0.2) is 0 Å². The van der Waals surface area contributed by atoms with E-state index in [2.05, 4.69) is 15.9 Å². The second-order valence-corrected chi connectivity index (χ2v) is 2.73. The molecule has 0 amide bonds. The van der Waals surface area contributed by atoms with Gasteiger partial charge in [-0.05, 0) is 17.8 Å². The van der Waals surface area contributed by atoms with Gasteiger partial charge in [-0.15, -0.1) is 0 Å². The third-order valence-corrected chi connectivity index (χ3v) is 2.08. The van der Waals surface area contributed by atoms with Crippen molar-refractivity contribution in [2.24, 2.45) is 0 Å². The minimum Gasteiger partial charge on any atom is -0.465 e. The first-order valence-corrected chi connectivity index (χ1v) is 4.18. The van der Waals surface area contributed by atoms with Crippen LogP contribution in [0.15, 0.2) is 10.6 Å². The van der Waals surface area contributed by atoms with Crippen molar-refractivity contribution in [2.45, 2.75) is 19.3 Å². The first kappa shape index (κ1) is 7.79. The number of rotatable bonds is 0. The largest absolute Gasteiger partial charge is 0.465 e. The highest BCUT2D eigenvalue weighted by molar-refractivity contribution is 9.11. The lowest BCUT2D eigenvalue weighted by Crippen LogP contribution is -2.01. The first-order chi connectivity index (χ1) is 4.83. The van der Waals surface area contributed by atoms with E-state index in [0.29, 0.717) is 13.0 Å². The van der Waals surface area contributed by atoms with Gasteiger partial charge in [0.15, 0.2) is 0 Å². The number of hydrogen-bond donors (Lipinski definition) is 0. The molecular formula is C7H9BrO2. The quantitative estimate of drug-likeness (QED) is 0.565. The van der Waals surface area contributed by atoms with Gasteiger partial charge in [-0.2, -0.15) is 0 Å². The normalized spacial score (nSPS) is 24.1. The Balaban J connectivity index is 2.54. The van der Waals surface area contributed by atoms with Crippen molar-refractivity contribution in [3.05, 3.63) is 10.6 Å². The van der Waals surface area contributed by atoms with Gasteiger partial charge in [0.2, 0.25) is 0 Å². The monoisotopic (exact) mass is 204 g/mol. The Bertz CT molecular complexity index is 163. The average Bonchev–Trinajstić information content (AvgIpc) is 2.13. The van der Waals surface area contributed by atoms with Crippen molar-refractivity contribution in [2.75, 3.05) is 6.61 Å².